The van der Waals surface area contributed by atoms with Gasteiger partial charge in [-0.15, -0.1) is 0 Å². The zero-order valence-corrected chi connectivity index (χ0v) is 15.2. The van der Waals surface area contributed by atoms with E-state index in [1.54, 1.807) is 18.2 Å². The largest absolute Gasteiger partial charge is 0.378 e. The van der Waals surface area contributed by atoms with Gasteiger partial charge in [0.1, 0.15) is 5.69 Å². The maximum Gasteiger partial charge on any atom is 0.292 e. The molecule has 0 saturated carbocycles. The van der Waals surface area contributed by atoms with Gasteiger partial charge in [-0.3, -0.25) is 14.9 Å². The van der Waals surface area contributed by atoms with Gasteiger partial charge in [-0.25, -0.2) is 0 Å². The highest BCUT2D eigenvalue weighted by molar-refractivity contribution is 5.87. The molecule has 0 aliphatic heterocycles. The van der Waals surface area contributed by atoms with Crippen LogP contribution in [0.4, 0.5) is 11.4 Å². The van der Waals surface area contributed by atoms with E-state index < -0.39 is 10.8 Å². The Labute approximate surface area is 163 Å². The molecule has 3 aromatic carbocycles. The predicted octanol–water partition coefficient (Wildman–Crippen LogP) is 3.96. The van der Waals surface area contributed by atoms with E-state index in [-0.39, 0.29) is 11.6 Å². The van der Waals surface area contributed by atoms with E-state index in [2.05, 4.69) is 10.6 Å². The fourth-order valence-corrected chi connectivity index (χ4v) is 3.05. The van der Waals surface area contributed by atoms with E-state index in [9.17, 15) is 14.9 Å². The number of hydrogen-bond acceptors (Lipinski definition) is 4. The Bertz CT molecular complexity index is 891. The summed E-state index contributed by atoms with van der Waals surface area (Å²) >= 11 is 0. The van der Waals surface area contributed by atoms with Crippen molar-refractivity contribution < 1.29 is 9.72 Å². The van der Waals surface area contributed by atoms with Crippen LogP contribution in [-0.4, -0.2) is 23.9 Å². The van der Waals surface area contributed by atoms with Gasteiger partial charge in [-0.1, -0.05) is 72.8 Å². The first kappa shape index (κ1) is 19.1. The van der Waals surface area contributed by atoms with Crippen LogP contribution >= 0.6 is 0 Å². The number of hydrogen-bond donors (Lipinski definition) is 2. The molecule has 0 fully saturated rings. The van der Waals surface area contributed by atoms with Gasteiger partial charge in [-0.05, 0) is 17.2 Å². The fraction of sp³-hybridized carbons (Fsp3) is 0.136. The lowest BCUT2D eigenvalue weighted by molar-refractivity contribution is -0.384. The predicted molar refractivity (Wildman–Crippen MR) is 109 cm³/mol. The minimum Gasteiger partial charge on any atom is -0.378 e. The summed E-state index contributed by atoms with van der Waals surface area (Å²) in [6.45, 7) is 0.730. The van der Waals surface area contributed by atoms with E-state index in [1.807, 2.05) is 60.7 Å². The molecule has 0 aliphatic rings. The molecule has 0 aliphatic carbocycles. The summed E-state index contributed by atoms with van der Waals surface area (Å²) in [6.07, 6.45) is 0. The highest BCUT2D eigenvalue weighted by Gasteiger charge is 2.22. The molecule has 3 rings (SSSR count). The first-order valence-electron chi connectivity index (χ1n) is 9.01. The molecule has 0 saturated heterocycles. The van der Waals surface area contributed by atoms with Crippen LogP contribution in [0.2, 0.25) is 0 Å². The van der Waals surface area contributed by atoms with Crippen molar-refractivity contribution in [3.63, 3.8) is 0 Å². The number of amides is 1. The number of rotatable bonds is 8. The number of nitrogens with one attached hydrogen (secondary N) is 2. The van der Waals surface area contributed by atoms with Crippen molar-refractivity contribution >= 4 is 17.3 Å². The Morgan fingerprint density at radius 3 is 1.93 bits per heavy atom. The molecule has 6 nitrogen and oxygen atoms in total. The zero-order chi connectivity index (χ0) is 19.8. The van der Waals surface area contributed by atoms with E-state index in [4.69, 9.17) is 0 Å². The van der Waals surface area contributed by atoms with Crippen LogP contribution in [0.1, 0.15) is 17.0 Å². The molecule has 0 radical (unpaired) electrons. The van der Waals surface area contributed by atoms with Crippen molar-refractivity contribution in [3.05, 3.63) is 106 Å². The normalized spacial score (nSPS) is 10.5. The molecule has 3 aromatic rings. The molecule has 0 heterocycles. The van der Waals surface area contributed by atoms with Crippen molar-refractivity contribution in [1.82, 2.24) is 5.32 Å². The topological polar surface area (TPSA) is 84.3 Å². The smallest absolute Gasteiger partial charge is 0.292 e. The number of para-hydroxylation sites is 2. The highest BCUT2D eigenvalue weighted by Crippen LogP contribution is 2.25. The maximum absolute atomic E-state index is 12.9. The van der Waals surface area contributed by atoms with E-state index in [0.29, 0.717) is 18.8 Å². The fourth-order valence-electron chi connectivity index (χ4n) is 3.05. The average molecular weight is 375 g/mol. The third-order valence-electron chi connectivity index (χ3n) is 4.37. The standard InChI is InChI=1S/C22H21N3O3/c26-22(24-16-15-23-19-13-7-8-14-20(19)25(27)28)21(17-9-3-1-4-10-17)18-11-5-2-6-12-18/h1-14,21,23H,15-16H2,(H,24,26). The second-order valence-corrected chi connectivity index (χ2v) is 6.25. The quantitative estimate of drug-likeness (QED) is 0.355. The summed E-state index contributed by atoms with van der Waals surface area (Å²) in [6, 6.07) is 25.7. The van der Waals surface area contributed by atoms with Gasteiger partial charge in [0.15, 0.2) is 0 Å². The number of nitro benzene ring substituents is 1. The maximum atomic E-state index is 12.9. The number of anilines is 1. The Hall–Kier alpha value is -3.67. The molecular formula is C22H21N3O3. The molecule has 142 valence electrons. The average Bonchev–Trinajstić information content (AvgIpc) is 2.73. The van der Waals surface area contributed by atoms with Crippen LogP contribution < -0.4 is 10.6 Å². The van der Waals surface area contributed by atoms with Crippen LogP contribution in [0.15, 0.2) is 84.9 Å². The zero-order valence-electron chi connectivity index (χ0n) is 15.2. The third kappa shape index (κ3) is 4.73. The molecular weight excluding hydrogens is 354 g/mol. The summed E-state index contributed by atoms with van der Waals surface area (Å²) in [5, 5.41) is 17.0. The molecule has 0 unspecified atom stereocenters. The van der Waals surface area contributed by atoms with Crippen LogP contribution in [-0.2, 0) is 4.79 Å². The summed E-state index contributed by atoms with van der Waals surface area (Å²) in [7, 11) is 0. The molecule has 0 bridgehead atoms. The molecule has 0 atom stereocenters. The van der Waals surface area contributed by atoms with Crippen molar-refractivity contribution in [2.75, 3.05) is 18.4 Å². The number of carbonyl (C=O) groups is 1. The first-order valence-corrected chi connectivity index (χ1v) is 9.01. The lowest BCUT2D eigenvalue weighted by atomic mass is 9.90. The Kier molecular flexibility index (Phi) is 6.36. The second-order valence-electron chi connectivity index (χ2n) is 6.25. The SMILES string of the molecule is O=C(NCCNc1ccccc1[N+](=O)[O-])C(c1ccccc1)c1ccccc1. The van der Waals surface area contributed by atoms with Gasteiger partial charge < -0.3 is 10.6 Å². The molecule has 6 heteroatoms. The van der Waals surface area contributed by atoms with Gasteiger partial charge in [0, 0.05) is 19.2 Å². The number of carbonyl (C=O) groups excluding carboxylic acids is 1. The minimum atomic E-state index is -0.429. The van der Waals surface area contributed by atoms with Gasteiger partial charge in [0.05, 0.1) is 10.8 Å². The van der Waals surface area contributed by atoms with Crippen LogP contribution in [0.25, 0.3) is 0 Å². The van der Waals surface area contributed by atoms with Crippen molar-refractivity contribution in [2.45, 2.75) is 5.92 Å². The van der Waals surface area contributed by atoms with E-state index in [1.165, 1.54) is 6.07 Å². The summed E-state index contributed by atoms with van der Waals surface area (Å²) < 4.78 is 0. The minimum absolute atomic E-state index is 0.0141. The van der Waals surface area contributed by atoms with Crippen LogP contribution in [0, 0.1) is 10.1 Å². The van der Waals surface area contributed by atoms with Gasteiger partial charge in [0.2, 0.25) is 5.91 Å². The van der Waals surface area contributed by atoms with Crippen molar-refractivity contribution in [3.8, 4) is 0 Å². The molecule has 1 amide bonds. The van der Waals surface area contributed by atoms with Crippen LogP contribution in [0.3, 0.4) is 0 Å². The number of benzene rings is 3. The Morgan fingerprint density at radius 1 is 0.821 bits per heavy atom. The number of nitro groups is 1. The molecule has 0 spiro atoms. The van der Waals surface area contributed by atoms with Gasteiger partial charge >= 0.3 is 0 Å². The lowest BCUT2D eigenvalue weighted by Gasteiger charge is -2.18. The van der Waals surface area contributed by atoms with Gasteiger partial charge in [0.25, 0.3) is 5.69 Å². The van der Waals surface area contributed by atoms with Crippen molar-refractivity contribution in [1.29, 1.82) is 0 Å². The molecule has 0 aromatic heterocycles. The van der Waals surface area contributed by atoms with Crippen LogP contribution in [0.5, 0.6) is 0 Å². The number of nitrogens with zero attached hydrogens (tertiary/aromatic N) is 1. The summed E-state index contributed by atoms with van der Waals surface area (Å²) in [5.41, 5.74) is 2.28. The molecule has 2 N–H and O–H groups in total. The second kappa shape index (κ2) is 9.32. The lowest BCUT2D eigenvalue weighted by Crippen LogP contribution is -2.33. The van der Waals surface area contributed by atoms with E-state index >= 15 is 0 Å². The monoisotopic (exact) mass is 375 g/mol. The Morgan fingerprint density at radius 2 is 1.36 bits per heavy atom. The van der Waals surface area contributed by atoms with Gasteiger partial charge in [-0.2, -0.15) is 0 Å². The first-order chi connectivity index (χ1) is 13.7. The van der Waals surface area contributed by atoms with E-state index in [0.717, 1.165) is 11.1 Å². The Balaban J connectivity index is 1.64. The summed E-state index contributed by atoms with van der Waals surface area (Å²) in [5.74, 6) is -0.518. The molecule has 28 heavy (non-hydrogen) atoms. The third-order valence-corrected chi connectivity index (χ3v) is 4.37. The van der Waals surface area contributed by atoms with Crippen molar-refractivity contribution in [2.24, 2.45) is 0 Å². The highest BCUT2D eigenvalue weighted by atomic mass is 16.6. The summed E-state index contributed by atoms with van der Waals surface area (Å²) in [4.78, 5) is 23.5.